The first-order valence-corrected chi connectivity index (χ1v) is 5.57. The summed E-state index contributed by atoms with van der Waals surface area (Å²) in [6, 6.07) is 7.97. The Balaban J connectivity index is 2.22. The van der Waals surface area contributed by atoms with Gasteiger partial charge in [-0.15, -0.1) is 0 Å². The van der Waals surface area contributed by atoms with E-state index in [0.29, 0.717) is 0 Å². The standard InChI is InChI=1S/C14H16N2O/c1-10-4-5-13(6-11(10)2)17-14-7-12(15-3)8-16-9-14/h4-9,15H,1-3H3. The number of hydrogen-bond acceptors (Lipinski definition) is 3. The number of aryl methyl sites for hydroxylation is 2. The van der Waals surface area contributed by atoms with Crippen LogP contribution in [0.1, 0.15) is 11.1 Å². The molecule has 0 fully saturated rings. The van der Waals surface area contributed by atoms with Crippen LogP contribution in [0.15, 0.2) is 36.7 Å². The quantitative estimate of drug-likeness (QED) is 0.872. The van der Waals surface area contributed by atoms with Crippen LogP contribution in [0, 0.1) is 13.8 Å². The Hall–Kier alpha value is -2.03. The van der Waals surface area contributed by atoms with Crippen LogP contribution in [0.2, 0.25) is 0 Å². The van der Waals surface area contributed by atoms with E-state index in [1.165, 1.54) is 11.1 Å². The molecule has 88 valence electrons. The summed E-state index contributed by atoms with van der Waals surface area (Å²) in [5, 5.41) is 3.03. The average Bonchev–Trinajstić information content (AvgIpc) is 2.34. The van der Waals surface area contributed by atoms with Crippen LogP contribution in [-0.2, 0) is 0 Å². The van der Waals surface area contributed by atoms with Gasteiger partial charge < -0.3 is 10.1 Å². The molecule has 0 saturated carbocycles. The lowest BCUT2D eigenvalue weighted by atomic mass is 10.1. The Bertz CT molecular complexity index is 523. The Labute approximate surface area is 101 Å². The van der Waals surface area contributed by atoms with Crippen molar-refractivity contribution in [3.05, 3.63) is 47.8 Å². The molecule has 0 atom stereocenters. The second-order valence-electron chi connectivity index (χ2n) is 4.01. The minimum absolute atomic E-state index is 0.736. The van der Waals surface area contributed by atoms with Crippen LogP contribution >= 0.6 is 0 Å². The molecule has 1 heterocycles. The lowest BCUT2D eigenvalue weighted by molar-refractivity contribution is 0.480. The maximum Gasteiger partial charge on any atom is 0.147 e. The summed E-state index contributed by atoms with van der Waals surface area (Å²) < 4.78 is 5.75. The number of hydrogen-bond donors (Lipinski definition) is 1. The van der Waals surface area contributed by atoms with E-state index >= 15 is 0 Å². The highest BCUT2D eigenvalue weighted by Crippen LogP contribution is 2.24. The van der Waals surface area contributed by atoms with E-state index in [1.54, 1.807) is 12.4 Å². The minimum Gasteiger partial charge on any atom is -0.456 e. The first-order valence-electron chi connectivity index (χ1n) is 5.57. The molecule has 0 amide bonds. The number of nitrogens with one attached hydrogen (secondary N) is 1. The molecule has 1 aromatic heterocycles. The van der Waals surface area contributed by atoms with E-state index < -0.39 is 0 Å². The predicted octanol–water partition coefficient (Wildman–Crippen LogP) is 3.53. The van der Waals surface area contributed by atoms with Gasteiger partial charge in [0.2, 0.25) is 0 Å². The fourth-order valence-corrected chi connectivity index (χ4v) is 1.52. The molecule has 0 radical (unpaired) electrons. The molecule has 3 heteroatoms. The van der Waals surface area contributed by atoms with Crippen LogP contribution in [0.4, 0.5) is 5.69 Å². The van der Waals surface area contributed by atoms with Crippen LogP contribution in [0.25, 0.3) is 0 Å². The van der Waals surface area contributed by atoms with Gasteiger partial charge in [0, 0.05) is 13.1 Å². The lowest BCUT2D eigenvalue weighted by Gasteiger charge is -2.08. The third kappa shape index (κ3) is 2.75. The molecule has 0 bridgehead atoms. The van der Waals surface area contributed by atoms with Gasteiger partial charge in [-0.3, -0.25) is 4.98 Å². The largest absolute Gasteiger partial charge is 0.456 e. The van der Waals surface area contributed by atoms with Crippen molar-refractivity contribution in [2.45, 2.75) is 13.8 Å². The van der Waals surface area contributed by atoms with Gasteiger partial charge >= 0.3 is 0 Å². The number of anilines is 1. The van der Waals surface area contributed by atoms with Gasteiger partial charge in [-0.25, -0.2) is 0 Å². The summed E-state index contributed by atoms with van der Waals surface area (Å²) >= 11 is 0. The van der Waals surface area contributed by atoms with Crippen molar-refractivity contribution in [3.8, 4) is 11.5 Å². The van der Waals surface area contributed by atoms with E-state index in [1.807, 2.05) is 25.2 Å². The van der Waals surface area contributed by atoms with E-state index in [9.17, 15) is 0 Å². The average molecular weight is 228 g/mol. The molecule has 1 aromatic carbocycles. The third-order valence-corrected chi connectivity index (χ3v) is 2.72. The summed E-state index contributed by atoms with van der Waals surface area (Å²) in [5.41, 5.74) is 3.42. The molecule has 0 spiro atoms. The van der Waals surface area contributed by atoms with Crippen LogP contribution < -0.4 is 10.1 Å². The van der Waals surface area contributed by atoms with Gasteiger partial charge in [-0.05, 0) is 37.1 Å². The third-order valence-electron chi connectivity index (χ3n) is 2.72. The van der Waals surface area contributed by atoms with Crippen molar-refractivity contribution < 1.29 is 4.74 Å². The number of aromatic nitrogens is 1. The molecule has 0 saturated heterocycles. The number of benzene rings is 1. The Kier molecular flexibility index (Phi) is 3.28. The maximum absolute atomic E-state index is 5.75. The molecular formula is C14H16N2O. The molecule has 17 heavy (non-hydrogen) atoms. The monoisotopic (exact) mass is 228 g/mol. The van der Waals surface area contributed by atoms with Gasteiger partial charge in [0.05, 0.1) is 18.1 Å². The molecule has 0 aliphatic carbocycles. The smallest absolute Gasteiger partial charge is 0.147 e. The molecule has 3 nitrogen and oxygen atoms in total. The molecule has 2 rings (SSSR count). The Morgan fingerprint density at radius 3 is 2.53 bits per heavy atom. The number of rotatable bonds is 3. The number of pyridine rings is 1. The SMILES string of the molecule is CNc1cncc(Oc2ccc(C)c(C)c2)c1. The summed E-state index contributed by atoms with van der Waals surface area (Å²) in [6.07, 6.45) is 3.46. The summed E-state index contributed by atoms with van der Waals surface area (Å²) in [4.78, 5) is 4.10. The fourth-order valence-electron chi connectivity index (χ4n) is 1.52. The maximum atomic E-state index is 5.75. The Morgan fingerprint density at radius 2 is 1.82 bits per heavy atom. The normalized spacial score (nSPS) is 10.1. The molecule has 2 aromatic rings. The topological polar surface area (TPSA) is 34.2 Å². The predicted molar refractivity (Wildman–Crippen MR) is 69.8 cm³/mol. The van der Waals surface area contributed by atoms with Crippen molar-refractivity contribution in [1.82, 2.24) is 4.98 Å². The molecule has 0 aliphatic rings. The van der Waals surface area contributed by atoms with Crippen molar-refractivity contribution in [3.63, 3.8) is 0 Å². The Morgan fingerprint density at radius 1 is 1.00 bits per heavy atom. The highest BCUT2D eigenvalue weighted by Gasteiger charge is 2.00. The van der Waals surface area contributed by atoms with Gasteiger partial charge in [0.1, 0.15) is 11.5 Å². The van der Waals surface area contributed by atoms with E-state index in [-0.39, 0.29) is 0 Å². The van der Waals surface area contributed by atoms with Crippen LogP contribution in [-0.4, -0.2) is 12.0 Å². The first-order chi connectivity index (χ1) is 8.19. The summed E-state index contributed by atoms with van der Waals surface area (Å²) in [5.74, 6) is 1.57. The van der Waals surface area contributed by atoms with Crippen molar-refractivity contribution in [2.24, 2.45) is 0 Å². The van der Waals surface area contributed by atoms with Crippen molar-refractivity contribution in [1.29, 1.82) is 0 Å². The second-order valence-corrected chi connectivity index (χ2v) is 4.01. The van der Waals surface area contributed by atoms with Crippen LogP contribution in [0.3, 0.4) is 0 Å². The molecule has 0 unspecified atom stereocenters. The molecule has 1 N–H and O–H groups in total. The molecule has 0 aliphatic heterocycles. The van der Waals surface area contributed by atoms with Crippen LogP contribution in [0.5, 0.6) is 11.5 Å². The van der Waals surface area contributed by atoms with Crippen molar-refractivity contribution >= 4 is 5.69 Å². The van der Waals surface area contributed by atoms with E-state index in [4.69, 9.17) is 4.74 Å². The minimum atomic E-state index is 0.736. The number of ether oxygens (including phenoxy) is 1. The highest BCUT2D eigenvalue weighted by molar-refractivity contribution is 5.46. The van der Waals surface area contributed by atoms with E-state index in [2.05, 4.69) is 30.2 Å². The summed E-state index contributed by atoms with van der Waals surface area (Å²) in [6.45, 7) is 4.16. The molecular weight excluding hydrogens is 212 g/mol. The van der Waals surface area contributed by atoms with Gasteiger partial charge in [0.25, 0.3) is 0 Å². The van der Waals surface area contributed by atoms with Gasteiger partial charge in [-0.2, -0.15) is 0 Å². The lowest BCUT2D eigenvalue weighted by Crippen LogP contribution is -1.91. The number of nitrogens with zero attached hydrogens (tertiary/aromatic N) is 1. The summed E-state index contributed by atoms with van der Waals surface area (Å²) in [7, 11) is 1.86. The zero-order valence-corrected chi connectivity index (χ0v) is 10.3. The zero-order chi connectivity index (χ0) is 12.3. The second kappa shape index (κ2) is 4.87. The fraction of sp³-hybridized carbons (Fsp3) is 0.214. The van der Waals surface area contributed by atoms with E-state index in [0.717, 1.165) is 17.2 Å². The van der Waals surface area contributed by atoms with Gasteiger partial charge in [0.15, 0.2) is 0 Å². The van der Waals surface area contributed by atoms with Gasteiger partial charge in [-0.1, -0.05) is 6.07 Å². The van der Waals surface area contributed by atoms with Crippen molar-refractivity contribution in [2.75, 3.05) is 12.4 Å². The first kappa shape index (κ1) is 11.5. The highest BCUT2D eigenvalue weighted by atomic mass is 16.5. The zero-order valence-electron chi connectivity index (χ0n) is 10.3.